The molecule has 1 aromatic rings. The van der Waals surface area contributed by atoms with Gasteiger partial charge in [-0.2, -0.15) is 8.42 Å². The van der Waals surface area contributed by atoms with E-state index in [0.29, 0.717) is 12.0 Å². The van der Waals surface area contributed by atoms with E-state index in [1.807, 2.05) is 0 Å². The van der Waals surface area contributed by atoms with E-state index >= 15 is 0 Å². The standard InChI is InChI=1S/C22H33NO9S/c1-17(24)23-13-9-15-33(29,30)32-16-21(2,3)22(28,20(26)27)12-7-8-14-31-19(25)18-10-5-4-6-11-18/h4-6,10-11,28H,7-9,12-16H2,1-3H3,(H,23,24)(H,26,27)/t22-/m0/s1. The van der Waals surface area contributed by atoms with Gasteiger partial charge < -0.3 is 20.3 Å². The third-order valence-corrected chi connectivity index (χ3v) is 6.46. The number of rotatable bonds is 15. The van der Waals surface area contributed by atoms with Crippen LogP contribution in [-0.2, 0) is 28.6 Å². The van der Waals surface area contributed by atoms with Crippen LogP contribution in [0.25, 0.3) is 0 Å². The summed E-state index contributed by atoms with van der Waals surface area (Å²) in [5.74, 6) is -2.64. The number of benzene rings is 1. The van der Waals surface area contributed by atoms with Crippen molar-refractivity contribution in [1.29, 1.82) is 0 Å². The Balaban J connectivity index is 2.56. The summed E-state index contributed by atoms with van der Waals surface area (Å²) in [7, 11) is -3.98. The van der Waals surface area contributed by atoms with Crippen LogP contribution in [0.1, 0.15) is 56.8 Å². The summed E-state index contributed by atoms with van der Waals surface area (Å²) < 4.78 is 34.3. The van der Waals surface area contributed by atoms with Crippen molar-refractivity contribution in [3.05, 3.63) is 35.9 Å². The molecule has 0 aliphatic carbocycles. The fourth-order valence-electron chi connectivity index (χ4n) is 2.97. The maximum atomic E-state index is 12.1. The zero-order valence-corrected chi connectivity index (χ0v) is 20.0. The number of nitrogens with one attached hydrogen (secondary N) is 1. The van der Waals surface area contributed by atoms with Crippen LogP contribution in [0.2, 0.25) is 0 Å². The fraction of sp³-hybridized carbons (Fsp3) is 0.591. The summed E-state index contributed by atoms with van der Waals surface area (Å²) >= 11 is 0. The molecule has 0 aliphatic heterocycles. The molecular formula is C22H33NO9S. The monoisotopic (exact) mass is 487 g/mol. The number of amides is 1. The van der Waals surface area contributed by atoms with E-state index in [-0.39, 0.29) is 44.1 Å². The Morgan fingerprint density at radius 1 is 1.06 bits per heavy atom. The van der Waals surface area contributed by atoms with E-state index < -0.39 is 39.7 Å². The zero-order valence-electron chi connectivity index (χ0n) is 19.2. The van der Waals surface area contributed by atoms with Gasteiger partial charge in [0, 0.05) is 18.9 Å². The first kappa shape index (κ1) is 28.5. The third-order valence-electron chi connectivity index (χ3n) is 5.19. The maximum Gasteiger partial charge on any atom is 0.338 e. The molecule has 0 radical (unpaired) electrons. The Morgan fingerprint density at radius 3 is 2.27 bits per heavy atom. The van der Waals surface area contributed by atoms with Gasteiger partial charge in [-0.15, -0.1) is 0 Å². The van der Waals surface area contributed by atoms with Crippen LogP contribution in [0.4, 0.5) is 0 Å². The van der Waals surface area contributed by atoms with Gasteiger partial charge in [0.2, 0.25) is 5.91 Å². The Labute approximate surface area is 194 Å². The van der Waals surface area contributed by atoms with Crippen molar-refractivity contribution in [3.8, 4) is 0 Å². The lowest BCUT2D eigenvalue weighted by molar-refractivity contribution is -0.177. The van der Waals surface area contributed by atoms with E-state index in [4.69, 9.17) is 8.92 Å². The molecule has 0 unspecified atom stereocenters. The Bertz CT molecular complexity index is 900. The first-order chi connectivity index (χ1) is 15.3. The zero-order chi connectivity index (χ0) is 25.1. The number of hydrogen-bond donors (Lipinski definition) is 3. The van der Waals surface area contributed by atoms with Crippen molar-refractivity contribution < 1.29 is 41.9 Å². The van der Waals surface area contributed by atoms with E-state index in [0.717, 1.165) is 0 Å². The lowest BCUT2D eigenvalue weighted by Crippen LogP contribution is -2.53. The molecule has 1 aromatic carbocycles. The first-order valence-electron chi connectivity index (χ1n) is 10.6. The minimum atomic E-state index is -3.98. The highest BCUT2D eigenvalue weighted by Gasteiger charge is 2.50. The van der Waals surface area contributed by atoms with E-state index in [1.165, 1.54) is 20.8 Å². The van der Waals surface area contributed by atoms with Gasteiger partial charge in [0.25, 0.3) is 10.1 Å². The summed E-state index contributed by atoms with van der Waals surface area (Å²) in [5.41, 5.74) is -3.30. The van der Waals surface area contributed by atoms with Gasteiger partial charge in [0.15, 0.2) is 5.60 Å². The average molecular weight is 488 g/mol. The SMILES string of the molecule is CC(=O)NCCCS(=O)(=O)OCC(C)(C)[C@](O)(CCCCOC(=O)c1ccccc1)C(=O)O. The van der Waals surface area contributed by atoms with Gasteiger partial charge in [-0.1, -0.05) is 32.0 Å². The summed E-state index contributed by atoms with van der Waals surface area (Å²) in [6.45, 7) is 3.79. The molecule has 0 fully saturated rings. The predicted molar refractivity (Wildman–Crippen MR) is 120 cm³/mol. The molecule has 1 atom stereocenters. The van der Waals surface area contributed by atoms with Gasteiger partial charge in [0.05, 0.1) is 24.5 Å². The molecular weight excluding hydrogens is 454 g/mol. The summed E-state index contributed by atoms with van der Waals surface area (Å²) in [5, 5.41) is 23.0. The second kappa shape index (κ2) is 12.7. The second-order valence-electron chi connectivity index (χ2n) is 8.37. The topological polar surface area (TPSA) is 156 Å². The van der Waals surface area contributed by atoms with E-state index in [1.54, 1.807) is 30.3 Å². The summed E-state index contributed by atoms with van der Waals surface area (Å²) in [6, 6.07) is 8.41. The van der Waals surface area contributed by atoms with Crippen molar-refractivity contribution in [1.82, 2.24) is 5.32 Å². The number of ether oxygens (including phenoxy) is 1. The van der Waals surface area contributed by atoms with E-state index in [9.17, 15) is 33.0 Å². The Morgan fingerprint density at radius 2 is 1.70 bits per heavy atom. The largest absolute Gasteiger partial charge is 0.479 e. The highest BCUT2D eigenvalue weighted by Crippen LogP contribution is 2.36. The van der Waals surface area contributed by atoms with Crippen LogP contribution >= 0.6 is 0 Å². The minimum absolute atomic E-state index is 0.0447. The van der Waals surface area contributed by atoms with Gasteiger partial charge in [-0.25, -0.2) is 9.59 Å². The number of carboxylic acids is 1. The third kappa shape index (κ3) is 9.48. The lowest BCUT2D eigenvalue weighted by atomic mass is 9.72. The van der Waals surface area contributed by atoms with Crippen LogP contribution in [0, 0.1) is 5.41 Å². The number of hydrogen-bond acceptors (Lipinski definition) is 8. The number of unbranched alkanes of at least 4 members (excludes halogenated alkanes) is 1. The number of aliphatic carboxylic acids is 1. The highest BCUT2D eigenvalue weighted by molar-refractivity contribution is 7.86. The molecule has 11 heteroatoms. The Kier molecular flexibility index (Phi) is 10.9. The molecule has 10 nitrogen and oxygen atoms in total. The lowest BCUT2D eigenvalue weighted by Gasteiger charge is -2.39. The number of carboxylic acid groups (broad SMARTS) is 1. The van der Waals surface area contributed by atoms with Crippen molar-refractivity contribution in [2.24, 2.45) is 5.41 Å². The van der Waals surface area contributed by atoms with Crippen LogP contribution in [-0.4, -0.2) is 67.6 Å². The normalized spacial score (nSPS) is 13.7. The van der Waals surface area contributed by atoms with Gasteiger partial charge in [0.1, 0.15) is 0 Å². The smallest absolute Gasteiger partial charge is 0.338 e. The minimum Gasteiger partial charge on any atom is -0.479 e. The first-order valence-corrected chi connectivity index (χ1v) is 12.2. The van der Waals surface area contributed by atoms with Crippen LogP contribution in [0.5, 0.6) is 0 Å². The van der Waals surface area contributed by atoms with Crippen LogP contribution in [0.15, 0.2) is 30.3 Å². The molecule has 0 saturated carbocycles. The number of aliphatic hydroxyl groups is 1. The molecule has 0 saturated heterocycles. The predicted octanol–water partition coefficient (Wildman–Crippen LogP) is 1.73. The van der Waals surface area contributed by atoms with Crippen LogP contribution in [0.3, 0.4) is 0 Å². The molecule has 3 N–H and O–H groups in total. The summed E-state index contributed by atoms with van der Waals surface area (Å²) in [6.07, 6.45) is 0.474. The average Bonchev–Trinajstić information content (AvgIpc) is 2.75. The molecule has 186 valence electrons. The second-order valence-corrected chi connectivity index (χ2v) is 10.1. The molecule has 33 heavy (non-hydrogen) atoms. The van der Waals surface area contributed by atoms with Gasteiger partial charge in [-0.05, 0) is 37.8 Å². The molecule has 1 rings (SSSR count). The van der Waals surface area contributed by atoms with Crippen LogP contribution < -0.4 is 5.32 Å². The van der Waals surface area contributed by atoms with Gasteiger partial charge >= 0.3 is 11.9 Å². The molecule has 0 spiro atoms. The maximum absolute atomic E-state index is 12.1. The molecule has 1 amide bonds. The summed E-state index contributed by atoms with van der Waals surface area (Å²) in [4.78, 5) is 34.6. The quantitative estimate of drug-likeness (QED) is 0.190. The van der Waals surface area contributed by atoms with Crippen molar-refractivity contribution in [2.75, 3.05) is 25.5 Å². The van der Waals surface area contributed by atoms with E-state index in [2.05, 4.69) is 5.32 Å². The molecule has 0 aromatic heterocycles. The fourth-order valence-corrected chi connectivity index (χ4v) is 4.06. The number of carbonyl (C=O) groups excluding carboxylic acids is 2. The van der Waals surface area contributed by atoms with Crippen molar-refractivity contribution in [3.63, 3.8) is 0 Å². The highest BCUT2D eigenvalue weighted by atomic mass is 32.2. The van der Waals surface area contributed by atoms with Crippen molar-refractivity contribution in [2.45, 2.75) is 52.1 Å². The number of carbonyl (C=O) groups is 3. The molecule has 0 heterocycles. The molecule has 0 aliphatic rings. The Hall–Kier alpha value is -2.50. The molecule has 0 bridgehead atoms. The number of esters is 1. The van der Waals surface area contributed by atoms with Crippen molar-refractivity contribution >= 4 is 28.0 Å². The van der Waals surface area contributed by atoms with Gasteiger partial charge in [-0.3, -0.25) is 8.98 Å².